The maximum absolute atomic E-state index is 13.7. The average Bonchev–Trinajstić information content (AvgIpc) is 3.30. The van der Waals surface area contributed by atoms with E-state index in [0.29, 0.717) is 41.6 Å². The Hall–Kier alpha value is -3.81. The molecule has 2 aromatic carbocycles. The predicted molar refractivity (Wildman–Crippen MR) is 123 cm³/mol. The first-order chi connectivity index (χ1) is 16.1. The van der Waals surface area contributed by atoms with Crippen molar-refractivity contribution in [2.75, 3.05) is 26.6 Å². The first kappa shape index (κ1) is 21.1. The third-order valence-electron chi connectivity index (χ3n) is 6.52. The molecule has 0 saturated heterocycles. The van der Waals surface area contributed by atoms with Crippen molar-refractivity contribution < 1.29 is 19.0 Å². The second-order valence-electron chi connectivity index (χ2n) is 8.26. The molecule has 2 aliphatic rings. The number of carbonyl (C=O) groups is 1. The number of ether oxygens (including phenoxy) is 3. The van der Waals surface area contributed by atoms with Crippen LogP contribution in [-0.2, 0) is 4.79 Å². The highest BCUT2D eigenvalue weighted by molar-refractivity contribution is 6.00. The van der Waals surface area contributed by atoms with Crippen LogP contribution in [0.1, 0.15) is 41.5 Å². The van der Waals surface area contributed by atoms with E-state index in [9.17, 15) is 4.79 Å². The van der Waals surface area contributed by atoms with E-state index in [0.717, 1.165) is 11.3 Å². The first-order valence-corrected chi connectivity index (χ1v) is 10.8. The number of anilines is 1. The van der Waals surface area contributed by atoms with Gasteiger partial charge in [-0.15, -0.1) is 0 Å². The van der Waals surface area contributed by atoms with Crippen molar-refractivity contribution in [3.63, 3.8) is 0 Å². The zero-order valence-electron chi connectivity index (χ0n) is 19.1. The number of nitrogens with one attached hydrogen (secondary N) is 1. The Kier molecular flexibility index (Phi) is 5.28. The summed E-state index contributed by atoms with van der Waals surface area (Å²) in [5, 5.41) is 7.80. The highest BCUT2D eigenvalue weighted by Gasteiger charge is 2.41. The number of aryl methyl sites for hydroxylation is 1. The van der Waals surface area contributed by atoms with Gasteiger partial charge in [-0.05, 0) is 42.5 Å². The Labute approximate surface area is 192 Å². The Morgan fingerprint density at radius 3 is 2.48 bits per heavy atom. The number of nitrogens with zero attached hydrogens (tertiary/aromatic N) is 3. The molecule has 33 heavy (non-hydrogen) atoms. The Morgan fingerprint density at radius 1 is 0.970 bits per heavy atom. The lowest BCUT2D eigenvalue weighted by Gasteiger charge is -2.36. The maximum atomic E-state index is 13.7. The van der Waals surface area contributed by atoms with Gasteiger partial charge in [-0.25, -0.2) is 4.68 Å². The fourth-order valence-electron chi connectivity index (χ4n) is 5.04. The van der Waals surface area contributed by atoms with Gasteiger partial charge in [-0.2, -0.15) is 10.1 Å². The van der Waals surface area contributed by atoms with E-state index in [1.165, 1.54) is 17.5 Å². The molecule has 0 radical (unpaired) electrons. The van der Waals surface area contributed by atoms with Crippen molar-refractivity contribution in [2.24, 2.45) is 0 Å². The molecule has 170 valence electrons. The maximum Gasteiger partial charge on any atom is 0.226 e. The first-order valence-electron chi connectivity index (χ1n) is 10.8. The molecular formula is C25H26N4O4. The summed E-state index contributed by atoms with van der Waals surface area (Å²) in [6.07, 6.45) is 2.64. The molecule has 8 heteroatoms. The van der Waals surface area contributed by atoms with E-state index in [1.807, 2.05) is 24.3 Å². The van der Waals surface area contributed by atoms with Gasteiger partial charge in [-0.3, -0.25) is 4.79 Å². The van der Waals surface area contributed by atoms with E-state index in [2.05, 4.69) is 34.5 Å². The molecule has 0 amide bonds. The van der Waals surface area contributed by atoms with Gasteiger partial charge < -0.3 is 19.5 Å². The van der Waals surface area contributed by atoms with E-state index in [4.69, 9.17) is 14.2 Å². The minimum absolute atomic E-state index is 0.0833. The number of carbonyl (C=O) groups excluding carboxylic acids is 1. The third kappa shape index (κ3) is 3.33. The molecule has 1 aliphatic carbocycles. The van der Waals surface area contributed by atoms with Gasteiger partial charge >= 0.3 is 0 Å². The van der Waals surface area contributed by atoms with Crippen molar-refractivity contribution >= 4 is 11.7 Å². The number of fused-ring (bicyclic) bond motifs is 1. The zero-order valence-corrected chi connectivity index (χ0v) is 19.1. The molecule has 0 fully saturated rings. The molecule has 1 aromatic heterocycles. The smallest absolute Gasteiger partial charge is 0.226 e. The van der Waals surface area contributed by atoms with Crippen LogP contribution in [0, 0.1) is 6.92 Å². The summed E-state index contributed by atoms with van der Waals surface area (Å²) in [5.74, 6) is 2.31. The molecule has 8 nitrogen and oxygen atoms in total. The summed E-state index contributed by atoms with van der Waals surface area (Å²) in [7, 11) is 4.72. The van der Waals surface area contributed by atoms with Crippen molar-refractivity contribution in [1.29, 1.82) is 0 Å². The summed E-state index contributed by atoms with van der Waals surface area (Å²) < 4.78 is 18.5. The standard InChI is InChI=1S/C25H26N4O4/c1-14-7-5-6-8-16(14)15-11-18-21(19(30)12-15)22(29-25(28-18)26-13-27-29)17-9-10-20(31-2)24(33-4)23(17)32-3/h5-10,13,15,22H,11-12H2,1-4H3,(H,26,27,28)/t15-,22-/m0/s1. The number of hydrogen-bond acceptors (Lipinski definition) is 7. The normalized spacial score (nSPS) is 19.5. The lowest BCUT2D eigenvalue weighted by Crippen LogP contribution is -2.34. The second kappa shape index (κ2) is 8.27. The minimum Gasteiger partial charge on any atom is -0.493 e. The van der Waals surface area contributed by atoms with Gasteiger partial charge in [0, 0.05) is 23.3 Å². The largest absolute Gasteiger partial charge is 0.493 e. The lowest BCUT2D eigenvalue weighted by atomic mass is 9.77. The van der Waals surface area contributed by atoms with Crippen LogP contribution in [0.4, 0.5) is 5.95 Å². The summed E-state index contributed by atoms with van der Waals surface area (Å²) in [6.45, 7) is 2.09. The molecule has 0 unspecified atom stereocenters. The SMILES string of the molecule is COc1ccc([C@H]2C3=C(C[C@H](c4ccccc4C)CC3=O)Nc3ncnn32)c(OC)c1OC. The Bertz CT molecular complexity index is 1260. The fraction of sp³-hybridized carbons (Fsp3) is 0.320. The van der Waals surface area contributed by atoms with Crippen LogP contribution in [0.25, 0.3) is 0 Å². The topological polar surface area (TPSA) is 87.5 Å². The lowest BCUT2D eigenvalue weighted by molar-refractivity contribution is -0.116. The van der Waals surface area contributed by atoms with Gasteiger partial charge in [0.25, 0.3) is 0 Å². The van der Waals surface area contributed by atoms with Crippen LogP contribution in [0.5, 0.6) is 17.2 Å². The van der Waals surface area contributed by atoms with E-state index < -0.39 is 6.04 Å². The molecule has 2 heterocycles. The number of aromatic nitrogens is 3. The molecule has 1 N–H and O–H groups in total. The minimum atomic E-state index is -0.487. The van der Waals surface area contributed by atoms with Crippen molar-refractivity contribution in [1.82, 2.24) is 14.8 Å². The van der Waals surface area contributed by atoms with Crippen LogP contribution in [0.15, 0.2) is 54.0 Å². The monoisotopic (exact) mass is 446 g/mol. The molecule has 0 bridgehead atoms. The van der Waals surface area contributed by atoms with Crippen LogP contribution in [-0.4, -0.2) is 41.9 Å². The summed E-state index contributed by atoms with van der Waals surface area (Å²) >= 11 is 0. The van der Waals surface area contributed by atoms with Crippen LogP contribution >= 0.6 is 0 Å². The van der Waals surface area contributed by atoms with E-state index in [-0.39, 0.29) is 11.7 Å². The third-order valence-corrected chi connectivity index (χ3v) is 6.52. The number of hydrogen-bond donors (Lipinski definition) is 1. The van der Waals surface area contributed by atoms with Crippen LogP contribution in [0.2, 0.25) is 0 Å². The Balaban J connectivity index is 1.66. The number of methoxy groups -OCH3 is 3. The average molecular weight is 447 g/mol. The molecular weight excluding hydrogens is 420 g/mol. The number of Topliss-reactive ketones (excluding diaryl/α,β-unsaturated/α-hetero) is 1. The van der Waals surface area contributed by atoms with Crippen molar-refractivity contribution in [3.05, 3.63) is 70.7 Å². The molecule has 3 aromatic rings. The summed E-state index contributed by atoms with van der Waals surface area (Å²) in [6, 6.07) is 11.5. The van der Waals surface area contributed by atoms with E-state index in [1.54, 1.807) is 26.0 Å². The van der Waals surface area contributed by atoms with Crippen molar-refractivity contribution in [2.45, 2.75) is 31.7 Å². The van der Waals surface area contributed by atoms with Gasteiger partial charge in [0.05, 0.1) is 21.3 Å². The molecule has 0 saturated carbocycles. The molecule has 0 spiro atoms. The van der Waals surface area contributed by atoms with E-state index >= 15 is 0 Å². The van der Waals surface area contributed by atoms with Crippen LogP contribution in [0.3, 0.4) is 0 Å². The number of allylic oxidation sites excluding steroid dienone is 2. The number of ketones is 1. The summed E-state index contributed by atoms with van der Waals surface area (Å²) in [4.78, 5) is 18.1. The quantitative estimate of drug-likeness (QED) is 0.633. The predicted octanol–water partition coefficient (Wildman–Crippen LogP) is 4.03. The molecule has 5 rings (SSSR count). The Morgan fingerprint density at radius 2 is 1.76 bits per heavy atom. The van der Waals surface area contributed by atoms with Gasteiger partial charge in [0.15, 0.2) is 17.3 Å². The van der Waals surface area contributed by atoms with Gasteiger partial charge in [-0.1, -0.05) is 24.3 Å². The summed E-state index contributed by atoms with van der Waals surface area (Å²) in [5.41, 5.74) is 4.71. The number of rotatable bonds is 5. The highest BCUT2D eigenvalue weighted by Crippen LogP contribution is 2.49. The molecule has 1 aliphatic heterocycles. The molecule has 2 atom stereocenters. The highest BCUT2D eigenvalue weighted by atomic mass is 16.5. The number of benzene rings is 2. The second-order valence-corrected chi connectivity index (χ2v) is 8.26. The van der Waals surface area contributed by atoms with Gasteiger partial charge in [0.1, 0.15) is 12.4 Å². The van der Waals surface area contributed by atoms with Crippen LogP contribution < -0.4 is 19.5 Å². The van der Waals surface area contributed by atoms with Crippen molar-refractivity contribution in [3.8, 4) is 17.2 Å². The zero-order chi connectivity index (χ0) is 23.1. The fourth-order valence-corrected chi connectivity index (χ4v) is 5.04. The van der Waals surface area contributed by atoms with Gasteiger partial charge in [0.2, 0.25) is 11.7 Å².